The number of pyridine rings is 1. The second kappa shape index (κ2) is 5.60. The Morgan fingerprint density at radius 2 is 2.29 bits per heavy atom. The van der Waals surface area contributed by atoms with E-state index in [-0.39, 0.29) is 6.04 Å². The Morgan fingerprint density at radius 3 is 2.94 bits per heavy atom. The molecule has 0 saturated carbocycles. The summed E-state index contributed by atoms with van der Waals surface area (Å²) in [5, 5.41) is 4.44. The van der Waals surface area contributed by atoms with Crippen molar-refractivity contribution in [3.63, 3.8) is 0 Å². The number of nitrogens with one attached hydrogen (secondary N) is 1. The Morgan fingerprint density at radius 1 is 1.47 bits per heavy atom. The molecule has 0 aromatic carbocycles. The van der Waals surface area contributed by atoms with E-state index < -0.39 is 0 Å². The highest BCUT2D eigenvalue weighted by Crippen LogP contribution is 2.23. The fraction of sp³-hybridized carbons (Fsp3) is 0.333. The third-order valence-corrected chi connectivity index (χ3v) is 4.14. The van der Waals surface area contributed by atoms with Gasteiger partial charge in [0.2, 0.25) is 0 Å². The van der Waals surface area contributed by atoms with Crippen LogP contribution in [0.1, 0.15) is 29.8 Å². The van der Waals surface area contributed by atoms with Crippen LogP contribution in [-0.4, -0.2) is 9.97 Å². The number of thiazole rings is 1. The maximum atomic E-state index is 4.42. The summed E-state index contributed by atoms with van der Waals surface area (Å²) in [5.41, 5.74) is 0. The monoisotopic (exact) mass is 311 g/mol. The zero-order chi connectivity index (χ0) is 12.3. The number of hydrogen-bond donors (Lipinski definition) is 1. The van der Waals surface area contributed by atoms with Crippen LogP contribution < -0.4 is 5.32 Å². The Kier molecular flexibility index (Phi) is 4.12. The molecule has 0 fully saturated rings. The molecule has 1 atom stereocenters. The standard InChI is InChI=1S/C12H14BrN3S/c1-3-9-7-14-12(17-9)8(2)15-11-6-4-5-10(13)16-11/h4-8H,3H2,1-2H3,(H,15,16). The Balaban J connectivity index is 2.08. The average Bonchev–Trinajstić information content (AvgIpc) is 2.77. The minimum Gasteiger partial charge on any atom is -0.361 e. The van der Waals surface area contributed by atoms with Gasteiger partial charge in [-0.25, -0.2) is 9.97 Å². The largest absolute Gasteiger partial charge is 0.361 e. The molecule has 0 aliphatic carbocycles. The van der Waals surface area contributed by atoms with Crippen LogP contribution in [0.3, 0.4) is 0 Å². The van der Waals surface area contributed by atoms with E-state index in [0.29, 0.717) is 0 Å². The van der Waals surface area contributed by atoms with Crippen molar-refractivity contribution in [3.8, 4) is 0 Å². The van der Waals surface area contributed by atoms with Crippen LogP contribution in [-0.2, 0) is 6.42 Å². The lowest BCUT2D eigenvalue weighted by Gasteiger charge is -2.11. The van der Waals surface area contributed by atoms with Crippen LogP contribution in [0.25, 0.3) is 0 Å². The molecule has 1 unspecified atom stereocenters. The van der Waals surface area contributed by atoms with Gasteiger partial charge in [-0.05, 0) is 41.4 Å². The number of halogens is 1. The Hall–Kier alpha value is -0.940. The predicted octanol–water partition coefficient (Wildman–Crippen LogP) is 4.04. The molecule has 0 spiro atoms. The zero-order valence-electron chi connectivity index (χ0n) is 9.77. The van der Waals surface area contributed by atoms with Crippen molar-refractivity contribution in [2.24, 2.45) is 0 Å². The van der Waals surface area contributed by atoms with E-state index in [1.807, 2.05) is 24.4 Å². The number of nitrogens with zero attached hydrogens (tertiary/aromatic N) is 2. The van der Waals surface area contributed by atoms with E-state index in [0.717, 1.165) is 21.8 Å². The van der Waals surface area contributed by atoms with Gasteiger partial charge in [-0.15, -0.1) is 11.3 Å². The lowest BCUT2D eigenvalue weighted by atomic mass is 10.3. The van der Waals surface area contributed by atoms with E-state index in [9.17, 15) is 0 Å². The van der Waals surface area contributed by atoms with Crippen LogP contribution in [0, 0.1) is 0 Å². The zero-order valence-corrected chi connectivity index (χ0v) is 12.2. The molecule has 0 saturated heterocycles. The first-order valence-corrected chi connectivity index (χ1v) is 7.13. The highest BCUT2D eigenvalue weighted by Gasteiger charge is 2.10. The number of hydrogen-bond acceptors (Lipinski definition) is 4. The van der Waals surface area contributed by atoms with Crippen molar-refractivity contribution >= 4 is 33.1 Å². The molecule has 0 bridgehead atoms. The normalized spacial score (nSPS) is 12.4. The van der Waals surface area contributed by atoms with E-state index >= 15 is 0 Å². The summed E-state index contributed by atoms with van der Waals surface area (Å²) in [6.45, 7) is 4.24. The van der Waals surface area contributed by atoms with E-state index in [4.69, 9.17) is 0 Å². The second-order valence-corrected chi connectivity index (χ2v) is 5.69. The topological polar surface area (TPSA) is 37.8 Å². The number of aryl methyl sites for hydroxylation is 1. The highest BCUT2D eigenvalue weighted by molar-refractivity contribution is 9.10. The molecule has 0 radical (unpaired) electrons. The summed E-state index contributed by atoms with van der Waals surface area (Å²) in [5.74, 6) is 0.861. The first kappa shape index (κ1) is 12.5. The quantitative estimate of drug-likeness (QED) is 0.866. The van der Waals surface area contributed by atoms with Gasteiger partial charge < -0.3 is 5.32 Å². The minimum atomic E-state index is 0.182. The number of aromatic nitrogens is 2. The van der Waals surface area contributed by atoms with Crippen LogP contribution >= 0.6 is 27.3 Å². The molecule has 0 amide bonds. The molecular formula is C12H14BrN3S. The summed E-state index contributed by atoms with van der Waals surface area (Å²) in [6.07, 6.45) is 2.99. The van der Waals surface area contributed by atoms with Gasteiger partial charge in [0, 0.05) is 11.1 Å². The smallest absolute Gasteiger partial charge is 0.127 e. The molecule has 2 aromatic rings. The van der Waals surface area contributed by atoms with Crippen LogP contribution in [0.4, 0.5) is 5.82 Å². The Labute approximate surface area is 113 Å². The lowest BCUT2D eigenvalue weighted by Crippen LogP contribution is -2.07. The van der Waals surface area contributed by atoms with E-state index in [1.165, 1.54) is 4.88 Å². The first-order valence-electron chi connectivity index (χ1n) is 5.52. The average molecular weight is 312 g/mol. The van der Waals surface area contributed by atoms with Crippen molar-refractivity contribution < 1.29 is 0 Å². The summed E-state index contributed by atoms with van der Waals surface area (Å²) in [7, 11) is 0. The van der Waals surface area contributed by atoms with Crippen LogP contribution in [0.5, 0.6) is 0 Å². The van der Waals surface area contributed by atoms with Crippen molar-refractivity contribution in [1.82, 2.24) is 9.97 Å². The highest BCUT2D eigenvalue weighted by atomic mass is 79.9. The molecule has 3 nitrogen and oxygen atoms in total. The van der Waals surface area contributed by atoms with Crippen molar-refractivity contribution in [3.05, 3.63) is 38.9 Å². The maximum absolute atomic E-state index is 4.42. The maximum Gasteiger partial charge on any atom is 0.127 e. The lowest BCUT2D eigenvalue weighted by molar-refractivity contribution is 0.859. The molecule has 17 heavy (non-hydrogen) atoms. The minimum absolute atomic E-state index is 0.182. The van der Waals surface area contributed by atoms with Gasteiger partial charge in [0.25, 0.3) is 0 Å². The molecule has 2 rings (SSSR count). The van der Waals surface area contributed by atoms with Gasteiger partial charge in [0.05, 0.1) is 6.04 Å². The predicted molar refractivity (Wildman–Crippen MR) is 75.5 cm³/mol. The SMILES string of the molecule is CCc1cnc(C(C)Nc2cccc(Br)n2)s1. The van der Waals surface area contributed by atoms with Crippen molar-refractivity contribution in [2.75, 3.05) is 5.32 Å². The van der Waals surface area contributed by atoms with Gasteiger partial charge in [0.1, 0.15) is 15.4 Å². The fourth-order valence-corrected chi connectivity index (χ4v) is 2.66. The summed E-state index contributed by atoms with van der Waals surface area (Å²) in [4.78, 5) is 10.1. The van der Waals surface area contributed by atoms with Gasteiger partial charge in [-0.1, -0.05) is 13.0 Å². The first-order chi connectivity index (χ1) is 8.19. The molecular weight excluding hydrogens is 298 g/mol. The molecule has 2 aromatic heterocycles. The molecule has 2 heterocycles. The van der Waals surface area contributed by atoms with Gasteiger partial charge in [0.15, 0.2) is 0 Å². The van der Waals surface area contributed by atoms with Gasteiger partial charge in [-0.2, -0.15) is 0 Å². The van der Waals surface area contributed by atoms with Crippen molar-refractivity contribution in [2.45, 2.75) is 26.3 Å². The summed E-state index contributed by atoms with van der Waals surface area (Å²) in [6, 6.07) is 6.01. The molecule has 5 heteroatoms. The van der Waals surface area contributed by atoms with E-state index in [2.05, 4.69) is 45.1 Å². The summed E-state index contributed by atoms with van der Waals surface area (Å²) < 4.78 is 0.836. The van der Waals surface area contributed by atoms with Crippen LogP contribution in [0.15, 0.2) is 29.0 Å². The third kappa shape index (κ3) is 3.26. The third-order valence-electron chi connectivity index (χ3n) is 2.37. The molecule has 90 valence electrons. The van der Waals surface area contributed by atoms with Crippen LogP contribution in [0.2, 0.25) is 0 Å². The number of rotatable bonds is 4. The second-order valence-electron chi connectivity index (χ2n) is 3.73. The molecule has 0 aliphatic rings. The van der Waals surface area contributed by atoms with E-state index in [1.54, 1.807) is 11.3 Å². The van der Waals surface area contributed by atoms with Crippen molar-refractivity contribution in [1.29, 1.82) is 0 Å². The van der Waals surface area contributed by atoms with Gasteiger partial charge in [-0.3, -0.25) is 0 Å². The molecule has 1 N–H and O–H groups in total. The van der Waals surface area contributed by atoms with Gasteiger partial charge >= 0.3 is 0 Å². The Bertz CT molecular complexity index is 498. The molecule has 0 aliphatic heterocycles. The fourth-order valence-electron chi connectivity index (χ4n) is 1.46. The summed E-state index contributed by atoms with van der Waals surface area (Å²) >= 11 is 5.11. The number of anilines is 1.